The average molecular weight is 447 g/mol. The third-order valence-corrected chi connectivity index (χ3v) is 6.31. The Morgan fingerprint density at radius 1 is 1.06 bits per heavy atom. The van der Waals surface area contributed by atoms with Crippen molar-refractivity contribution in [1.82, 2.24) is 20.1 Å². The molecule has 3 heterocycles. The predicted molar refractivity (Wildman–Crippen MR) is 117 cm³/mol. The van der Waals surface area contributed by atoms with Crippen LogP contribution in [0.4, 0.5) is 13.2 Å². The highest BCUT2D eigenvalue weighted by Crippen LogP contribution is 2.23. The molecular weight excluding hydrogens is 417 g/mol. The molecule has 2 saturated heterocycles. The van der Waals surface area contributed by atoms with Gasteiger partial charge in [0, 0.05) is 37.4 Å². The van der Waals surface area contributed by atoms with Crippen LogP contribution in [0.3, 0.4) is 0 Å². The first-order valence-electron chi connectivity index (χ1n) is 11.2. The fraction of sp³-hybridized carbons (Fsp3) is 0.500. The van der Waals surface area contributed by atoms with Crippen molar-refractivity contribution in [2.24, 2.45) is 0 Å². The van der Waals surface area contributed by atoms with Gasteiger partial charge in [-0.25, -0.2) is 4.39 Å². The minimum atomic E-state index is -3.14. The van der Waals surface area contributed by atoms with Crippen molar-refractivity contribution in [2.75, 3.05) is 32.9 Å². The van der Waals surface area contributed by atoms with E-state index in [2.05, 4.69) is 14.8 Å². The molecule has 0 bridgehead atoms. The minimum Gasteiger partial charge on any atom is -0.345 e. The van der Waals surface area contributed by atoms with E-state index in [-0.39, 0.29) is 6.42 Å². The van der Waals surface area contributed by atoms with Crippen LogP contribution in [0.2, 0.25) is 0 Å². The van der Waals surface area contributed by atoms with Crippen molar-refractivity contribution in [3.8, 4) is 11.1 Å². The quantitative estimate of drug-likeness (QED) is 0.642. The molecule has 1 N–H and O–H groups in total. The van der Waals surface area contributed by atoms with Gasteiger partial charge in [0.05, 0.1) is 11.7 Å². The fourth-order valence-electron chi connectivity index (χ4n) is 4.45. The second kappa shape index (κ2) is 10.4. The SMILES string of the molecule is O=C(NC(CF)Cc1ccc(-c2ccc(CN3CC(N4CCCC4)C3)nc2)cc1)C(F)F. The maximum Gasteiger partial charge on any atom is 0.315 e. The van der Waals surface area contributed by atoms with E-state index < -0.39 is 25.0 Å². The molecule has 0 radical (unpaired) electrons. The van der Waals surface area contributed by atoms with Gasteiger partial charge in [0.15, 0.2) is 0 Å². The summed E-state index contributed by atoms with van der Waals surface area (Å²) >= 11 is 0. The van der Waals surface area contributed by atoms with Crippen molar-refractivity contribution in [3.63, 3.8) is 0 Å². The standard InChI is InChI=1S/C24H29F3N4O/c25-12-21(29-24(32)23(26)27)11-17-3-5-18(6-4-17)19-7-8-20(28-13-19)14-30-15-22(16-30)31-9-1-2-10-31/h3-8,13,21-23H,1-2,9-12,14-16H2,(H,29,32). The second-order valence-electron chi connectivity index (χ2n) is 8.69. The molecule has 0 aliphatic carbocycles. The summed E-state index contributed by atoms with van der Waals surface area (Å²) in [7, 11) is 0. The molecule has 5 nitrogen and oxygen atoms in total. The fourth-order valence-corrected chi connectivity index (χ4v) is 4.45. The Bertz CT molecular complexity index is 879. The Kier molecular flexibility index (Phi) is 7.42. The van der Waals surface area contributed by atoms with Gasteiger partial charge in [-0.15, -0.1) is 0 Å². The summed E-state index contributed by atoms with van der Waals surface area (Å²) in [4.78, 5) is 20.7. The molecular formula is C24H29F3N4O. The molecule has 1 atom stereocenters. The van der Waals surface area contributed by atoms with Crippen molar-refractivity contribution in [3.05, 3.63) is 53.9 Å². The van der Waals surface area contributed by atoms with E-state index in [0.717, 1.165) is 42.0 Å². The van der Waals surface area contributed by atoms with E-state index in [0.29, 0.717) is 6.04 Å². The molecule has 2 aromatic rings. The molecule has 1 amide bonds. The number of nitrogens with one attached hydrogen (secondary N) is 1. The van der Waals surface area contributed by atoms with Gasteiger partial charge in [-0.05, 0) is 49.5 Å². The van der Waals surface area contributed by atoms with Gasteiger partial charge in [0.25, 0.3) is 5.91 Å². The van der Waals surface area contributed by atoms with Gasteiger partial charge in [-0.1, -0.05) is 30.3 Å². The molecule has 4 rings (SSSR count). The van der Waals surface area contributed by atoms with E-state index in [1.54, 1.807) is 0 Å². The minimum absolute atomic E-state index is 0.153. The maximum absolute atomic E-state index is 13.1. The Labute approximate surface area is 186 Å². The largest absolute Gasteiger partial charge is 0.345 e. The number of pyridine rings is 1. The number of carbonyl (C=O) groups is 1. The first kappa shape index (κ1) is 22.7. The summed E-state index contributed by atoms with van der Waals surface area (Å²) in [6.07, 6.45) is 1.52. The number of aromatic nitrogens is 1. The molecule has 0 saturated carbocycles. The summed E-state index contributed by atoms with van der Waals surface area (Å²) in [6.45, 7) is 4.66. The van der Waals surface area contributed by atoms with E-state index >= 15 is 0 Å². The monoisotopic (exact) mass is 446 g/mol. The first-order chi connectivity index (χ1) is 15.5. The average Bonchev–Trinajstić information content (AvgIpc) is 3.30. The number of hydrogen-bond acceptors (Lipinski definition) is 4. The van der Waals surface area contributed by atoms with Crippen molar-refractivity contribution >= 4 is 5.91 Å². The number of hydrogen-bond donors (Lipinski definition) is 1. The summed E-state index contributed by atoms with van der Waals surface area (Å²) < 4.78 is 37.8. The van der Waals surface area contributed by atoms with E-state index in [4.69, 9.17) is 0 Å². The highest BCUT2D eigenvalue weighted by Gasteiger charge is 2.32. The van der Waals surface area contributed by atoms with Gasteiger partial charge < -0.3 is 5.32 Å². The molecule has 172 valence electrons. The van der Waals surface area contributed by atoms with Crippen molar-refractivity contribution in [2.45, 2.75) is 44.3 Å². The molecule has 2 fully saturated rings. The lowest BCUT2D eigenvalue weighted by atomic mass is 10.0. The first-order valence-corrected chi connectivity index (χ1v) is 11.2. The Morgan fingerprint density at radius 2 is 1.75 bits per heavy atom. The number of nitrogens with zero attached hydrogens (tertiary/aromatic N) is 3. The van der Waals surface area contributed by atoms with Gasteiger partial charge >= 0.3 is 6.43 Å². The predicted octanol–water partition coefficient (Wildman–Crippen LogP) is 3.29. The highest BCUT2D eigenvalue weighted by molar-refractivity contribution is 5.79. The molecule has 1 unspecified atom stereocenters. The number of carbonyl (C=O) groups excluding carboxylic acids is 1. The summed E-state index contributed by atoms with van der Waals surface area (Å²) in [5, 5.41) is 2.03. The van der Waals surface area contributed by atoms with Crippen molar-refractivity contribution in [1.29, 1.82) is 0 Å². The lowest BCUT2D eigenvalue weighted by Crippen LogP contribution is -2.58. The maximum atomic E-state index is 13.1. The smallest absolute Gasteiger partial charge is 0.315 e. The Balaban J connectivity index is 1.28. The van der Waals surface area contributed by atoms with Crippen molar-refractivity contribution < 1.29 is 18.0 Å². The van der Waals surface area contributed by atoms with Crippen LogP contribution in [0.1, 0.15) is 24.1 Å². The third kappa shape index (κ3) is 5.66. The number of rotatable bonds is 9. The van der Waals surface area contributed by atoms with Gasteiger partial charge in [0.2, 0.25) is 0 Å². The molecule has 32 heavy (non-hydrogen) atoms. The molecule has 2 aliphatic rings. The topological polar surface area (TPSA) is 48.5 Å². The molecule has 8 heteroatoms. The Morgan fingerprint density at radius 3 is 2.34 bits per heavy atom. The number of halogens is 3. The summed E-state index contributed by atoms with van der Waals surface area (Å²) in [5.74, 6) is -1.44. The third-order valence-electron chi connectivity index (χ3n) is 6.31. The van der Waals surface area contributed by atoms with Gasteiger partial charge in [-0.3, -0.25) is 19.6 Å². The number of amides is 1. The van der Waals surface area contributed by atoms with Crippen LogP contribution >= 0.6 is 0 Å². The van der Waals surface area contributed by atoms with Crippen LogP contribution in [0.25, 0.3) is 11.1 Å². The zero-order chi connectivity index (χ0) is 22.5. The van der Waals surface area contributed by atoms with Crippen LogP contribution in [0, 0.1) is 0 Å². The lowest BCUT2D eigenvalue weighted by Gasteiger charge is -2.44. The highest BCUT2D eigenvalue weighted by atomic mass is 19.3. The van der Waals surface area contributed by atoms with Crippen LogP contribution in [-0.2, 0) is 17.8 Å². The van der Waals surface area contributed by atoms with Gasteiger partial charge in [-0.2, -0.15) is 8.78 Å². The number of benzene rings is 1. The van der Waals surface area contributed by atoms with Crippen LogP contribution in [0.15, 0.2) is 42.6 Å². The molecule has 0 spiro atoms. The Hall–Kier alpha value is -2.45. The second-order valence-corrected chi connectivity index (χ2v) is 8.69. The van der Waals surface area contributed by atoms with E-state index in [1.807, 2.05) is 47.9 Å². The zero-order valence-electron chi connectivity index (χ0n) is 18.0. The number of alkyl halides is 3. The molecule has 1 aromatic heterocycles. The van der Waals surface area contributed by atoms with Crippen LogP contribution in [0.5, 0.6) is 0 Å². The summed E-state index contributed by atoms with van der Waals surface area (Å²) in [5.41, 5.74) is 3.76. The van der Waals surface area contributed by atoms with E-state index in [1.165, 1.54) is 25.9 Å². The summed E-state index contributed by atoms with van der Waals surface area (Å²) in [6, 6.07) is 11.3. The van der Waals surface area contributed by atoms with Crippen LogP contribution in [-0.4, -0.2) is 72.1 Å². The molecule has 2 aliphatic heterocycles. The zero-order valence-corrected chi connectivity index (χ0v) is 18.0. The number of likely N-dealkylation sites (tertiary alicyclic amines) is 2. The lowest BCUT2D eigenvalue weighted by molar-refractivity contribution is -0.132. The molecule has 1 aromatic carbocycles. The van der Waals surface area contributed by atoms with Crippen LogP contribution < -0.4 is 5.32 Å². The van der Waals surface area contributed by atoms with Gasteiger partial charge in [0.1, 0.15) is 6.67 Å². The normalized spacial score (nSPS) is 18.6. The van der Waals surface area contributed by atoms with E-state index in [9.17, 15) is 18.0 Å².